The average molecular weight is 288 g/mol. The first kappa shape index (κ1) is 11.1. The second kappa shape index (κ2) is 4.66. The molecule has 1 N–H and O–H groups in total. The van der Waals surface area contributed by atoms with Gasteiger partial charge in [0.05, 0.1) is 8.66 Å². The van der Waals surface area contributed by atoms with Crippen molar-refractivity contribution in [2.24, 2.45) is 5.92 Å². The van der Waals surface area contributed by atoms with Gasteiger partial charge in [0.1, 0.15) is 0 Å². The summed E-state index contributed by atoms with van der Waals surface area (Å²) < 4.78 is 1.00. The minimum absolute atomic E-state index is 0.0545. The van der Waals surface area contributed by atoms with Gasteiger partial charge in [-0.2, -0.15) is 0 Å². The number of thiophene rings is 1. The Morgan fingerprint density at radius 2 is 2.40 bits per heavy atom. The first-order valence-corrected chi connectivity index (χ1v) is 6.82. The summed E-state index contributed by atoms with van der Waals surface area (Å²) in [5, 5.41) is 3.03. The Labute approximate surface area is 102 Å². The number of hydrogen-bond donors (Lipinski definition) is 1. The highest BCUT2D eigenvalue weighted by molar-refractivity contribution is 9.11. The summed E-state index contributed by atoms with van der Waals surface area (Å²) in [5.41, 5.74) is 0. The number of carbonyl (C=O) groups excluding carboxylic acids is 1. The summed E-state index contributed by atoms with van der Waals surface area (Å²) in [7, 11) is 0. The number of rotatable bonds is 4. The lowest BCUT2D eigenvalue weighted by Gasteiger charge is -2.12. The van der Waals surface area contributed by atoms with Gasteiger partial charge in [-0.3, -0.25) is 4.79 Å². The van der Waals surface area contributed by atoms with Crippen LogP contribution in [0.4, 0.5) is 0 Å². The van der Waals surface area contributed by atoms with Gasteiger partial charge in [0.2, 0.25) is 0 Å². The van der Waals surface area contributed by atoms with Crippen LogP contribution in [-0.4, -0.2) is 11.9 Å². The molecule has 15 heavy (non-hydrogen) atoms. The van der Waals surface area contributed by atoms with Gasteiger partial charge in [0, 0.05) is 6.04 Å². The van der Waals surface area contributed by atoms with Gasteiger partial charge in [0.25, 0.3) is 5.91 Å². The highest BCUT2D eigenvalue weighted by atomic mass is 79.9. The predicted molar refractivity (Wildman–Crippen MR) is 66.3 cm³/mol. The average Bonchev–Trinajstić information content (AvgIpc) is 2.85. The molecule has 1 aromatic heterocycles. The first-order valence-electron chi connectivity index (χ1n) is 5.21. The van der Waals surface area contributed by atoms with E-state index >= 15 is 0 Å². The van der Waals surface area contributed by atoms with Crippen LogP contribution in [-0.2, 0) is 0 Å². The highest BCUT2D eigenvalue weighted by Crippen LogP contribution is 2.33. The van der Waals surface area contributed by atoms with Crippen molar-refractivity contribution in [3.8, 4) is 0 Å². The van der Waals surface area contributed by atoms with Crippen molar-refractivity contribution in [1.29, 1.82) is 0 Å². The molecular formula is C11H14BrNOS. The zero-order chi connectivity index (χ0) is 10.8. The van der Waals surface area contributed by atoms with Crippen LogP contribution in [0.2, 0.25) is 0 Å². The van der Waals surface area contributed by atoms with E-state index < -0.39 is 0 Å². The monoisotopic (exact) mass is 287 g/mol. The minimum atomic E-state index is 0.0545. The lowest BCUT2D eigenvalue weighted by Crippen LogP contribution is -2.32. The molecule has 1 heterocycles. The fourth-order valence-electron chi connectivity index (χ4n) is 1.64. The molecule has 0 aromatic carbocycles. The van der Waals surface area contributed by atoms with Crippen LogP contribution in [0.15, 0.2) is 15.9 Å². The molecule has 1 saturated carbocycles. The van der Waals surface area contributed by atoms with Crippen molar-refractivity contribution >= 4 is 33.2 Å². The molecule has 0 radical (unpaired) electrons. The van der Waals surface area contributed by atoms with E-state index in [-0.39, 0.29) is 5.91 Å². The maximum atomic E-state index is 11.7. The molecule has 82 valence electrons. The SMILES string of the molecule is CC(CC1CC1)NC(=O)c1ccc(Br)s1. The Kier molecular flexibility index (Phi) is 3.46. The van der Waals surface area contributed by atoms with Crippen molar-refractivity contribution < 1.29 is 4.79 Å². The Balaban J connectivity index is 1.85. The molecule has 1 fully saturated rings. The zero-order valence-electron chi connectivity index (χ0n) is 8.63. The Morgan fingerprint density at radius 1 is 1.67 bits per heavy atom. The first-order chi connectivity index (χ1) is 7.15. The molecule has 1 amide bonds. The van der Waals surface area contributed by atoms with Crippen molar-refractivity contribution in [3.63, 3.8) is 0 Å². The standard InChI is InChI=1S/C11H14BrNOS/c1-7(6-8-2-3-8)13-11(14)9-4-5-10(12)15-9/h4-5,7-8H,2-3,6H2,1H3,(H,13,14). The molecule has 2 rings (SSSR count). The number of carbonyl (C=O) groups is 1. The number of nitrogens with one attached hydrogen (secondary N) is 1. The van der Waals surface area contributed by atoms with Gasteiger partial charge in [-0.15, -0.1) is 11.3 Å². The molecule has 0 spiro atoms. The van der Waals surface area contributed by atoms with E-state index in [2.05, 4.69) is 28.2 Å². The molecule has 0 saturated heterocycles. The van der Waals surface area contributed by atoms with Crippen molar-refractivity contribution in [1.82, 2.24) is 5.32 Å². The quantitative estimate of drug-likeness (QED) is 0.903. The van der Waals surface area contributed by atoms with Gasteiger partial charge < -0.3 is 5.32 Å². The predicted octanol–water partition coefficient (Wildman–Crippen LogP) is 3.43. The van der Waals surface area contributed by atoms with Crippen molar-refractivity contribution in [2.75, 3.05) is 0 Å². The van der Waals surface area contributed by atoms with E-state index in [1.807, 2.05) is 12.1 Å². The molecule has 1 aliphatic carbocycles. The van der Waals surface area contributed by atoms with Crippen LogP contribution in [0.3, 0.4) is 0 Å². The van der Waals surface area contributed by atoms with E-state index in [1.165, 1.54) is 24.2 Å². The van der Waals surface area contributed by atoms with E-state index in [0.717, 1.165) is 21.0 Å². The van der Waals surface area contributed by atoms with E-state index in [0.29, 0.717) is 6.04 Å². The smallest absolute Gasteiger partial charge is 0.261 e. The van der Waals surface area contributed by atoms with Gasteiger partial charge in [0.15, 0.2) is 0 Å². The van der Waals surface area contributed by atoms with Crippen molar-refractivity contribution in [3.05, 3.63) is 20.8 Å². The third-order valence-corrected chi connectivity index (χ3v) is 4.18. The Morgan fingerprint density at radius 3 is 2.93 bits per heavy atom. The van der Waals surface area contributed by atoms with Crippen LogP contribution < -0.4 is 5.32 Å². The summed E-state index contributed by atoms with van der Waals surface area (Å²) in [6.45, 7) is 2.08. The summed E-state index contributed by atoms with van der Waals surface area (Å²) >= 11 is 4.83. The molecule has 1 atom stereocenters. The third kappa shape index (κ3) is 3.31. The summed E-state index contributed by atoms with van der Waals surface area (Å²) in [4.78, 5) is 12.5. The minimum Gasteiger partial charge on any atom is -0.349 e. The van der Waals surface area contributed by atoms with Crippen LogP contribution in [0, 0.1) is 5.92 Å². The summed E-state index contributed by atoms with van der Waals surface area (Å²) in [6.07, 6.45) is 3.80. The summed E-state index contributed by atoms with van der Waals surface area (Å²) in [6, 6.07) is 4.06. The Bertz CT molecular complexity index is 359. The van der Waals surface area contributed by atoms with Crippen LogP contribution in [0.1, 0.15) is 35.9 Å². The van der Waals surface area contributed by atoms with Gasteiger partial charge >= 0.3 is 0 Å². The van der Waals surface area contributed by atoms with E-state index in [1.54, 1.807) is 0 Å². The van der Waals surface area contributed by atoms with E-state index in [4.69, 9.17) is 0 Å². The highest BCUT2D eigenvalue weighted by Gasteiger charge is 2.24. The molecule has 2 nitrogen and oxygen atoms in total. The van der Waals surface area contributed by atoms with E-state index in [9.17, 15) is 4.79 Å². The molecule has 1 aliphatic rings. The number of halogens is 1. The molecule has 0 bridgehead atoms. The van der Waals surface area contributed by atoms with Gasteiger partial charge in [-0.1, -0.05) is 12.8 Å². The lowest BCUT2D eigenvalue weighted by molar-refractivity contribution is 0.0941. The second-order valence-corrected chi connectivity index (χ2v) is 6.62. The van der Waals surface area contributed by atoms with Crippen LogP contribution in [0.25, 0.3) is 0 Å². The lowest BCUT2D eigenvalue weighted by atomic mass is 10.1. The third-order valence-electron chi connectivity index (χ3n) is 2.56. The van der Waals surface area contributed by atoms with Crippen LogP contribution in [0.5, 0.6) is 0 Å². The fourth-order valence-corrected chi connectivity index (χ4v) is 2.93. The maximum absolute atomic E-state index is 11.7. The summed E-state index contributed by atoms with van der Waals surface area (Å²) in [5.74, 6) is 0.911. The van der Waals surface area contributed by atoms with Gasteiger partial charge in [-0.05, 0) is 47.3 Å². The normalized spacial score (nSPS) is 17.5. The molecule has 1 aromatic rings. The Hall–Kier alpha value is -0.350. The van der Waals surface area contributed by atoms with Crippen LogP contribution >= 0.6 is 27.3 Å². The number of amides is 1. The largest absolute Gasteiger partial charge is 0.349 e. The molecular weight excluding hydrogens is 274 g/mol. The number of hydrogen-bond acceptors (Lipinski definition) is 2. The molecule has 0 aliphatic heterocycles. The fraction of sp³-hybridized carbons (Fsp3) is 0.545. The zero-order valence-corrected chi connectivity index (χ0v) is 11.0. The van der Waals surface area contributed by atoms with Gasteiger partial charge in [-0.25, -0.2) is 0 Å². The maximum Gasteiger partial charge on any atom is 0.261 e. The topological polar surface area (TPSA) is 29.1 Å². The van der Waals surface area contributed by atoms with Crippen molar-refractivity contribution in [2.45, 2.75) is 32.2 Å². The molecule has 4 heteroatoms. The molecule has 1 unspecified atom stereocenters. The second-order valence-electron chi connectivity index (χ2n) is 4.16.